The van der Waals surface area contributed by atoms with Crippen LogP contribution in [0.1, 0.15) is 6.42 Å². The molecule has 0 aliphatic carbocycles. The van der Waals surface area contributed by atoms with E-state index < -0.39 is 5.97 Å². The smallest absolute Gasteiger partial charge is 0.353 e. The van der Waals surface area contributed by atoms with Crippen LogP contribution in [0.2, 0.25) is 0 Å². The van der Waals surface area contributed by atoms with Gasteiger partial charge in [0.25, 0.3) is 0 Å². The van der Waals surface area contributed by atoms with E-state index in [1.165, 1.54) is 33.1 Å². The Balaban J connectivity index is 1.78. The number of nitrogens with zero attached hydrogens (tertiary/aromatic N) is 5. The zero-order chi connectivity index (χ0) is 13.6. The van der Waals surface area contributed by atoms with Crippen LogP contribution in [-0.4, -0.2) is 53.2 Å². The summed E-state index contributed by atoms with van der Waals surface area (Å²) in [4.78, 5) is 24.7. The van der Waals surface area contributed by atoms with Gasteiger partial charge in [-0.15, -0.1) is 16.9 Å². The minimum atomic E-state index is -1.06. The van der Waals surface area contributed by atoms with Crippen LogP contribution in [0.3, 0.4) is 0 Å². The van der Waals surface area contributed by atoms with Gasteiger partial charge in [0, 0.05) is 17.7 Å². The predicted molar refractivity (Wildman–Crippen MR) is 67.0 cm³/mol. The summed E-state index contributed by atoms with van der Waals surface area (Å²) in [5.41, 5.74) is 0.105. The summed E-state index contributed by atoms with van der Waals surface area (Å²) in [6.45, 7) is 0. The van der Waals surface area contributed by atoms with Crippen molar-refractivity contribution >= 4 is 35.4 Å². The van der Waals surface area contributed by atoms with Crippen LogP contribution in [0.4, 0.5) is 0 Å². The third kappa shape index (κ3) is 2.00. The van der Waals surface area contributed by atoms with Crippen LogP contribution in [-0.2, 0) is 16.6 Å². The minimum Gasteiger partial charge on any atom is -0.477 e. The van der Waals surface area contributed by atoms with Gasteiger partial charge in [-0.3, -0.25) is 9.69 Å². The van der Waals surface area contributed by atoms with Crippen molar-refractivity contribution in [3.8, 4) is 0 Å². The lowest BCUT2D eigenvalue weighted by Crippen LogP contribution is -2.48. The first-order valence-electron chi connectivity index (χ1n) is 5.38. The number of aryl methyl sites for hydroxylation is 1. The molecule has 1 aromatic heterocycles. The second-order valence-corrected chi connectivity index (χ2v) is 6.21. The summed E-state index contributed by atoms with van der Waals surface area (Å²) < 4.78 is 1.52. The largest absolute Gasteiger partial charge is 0.477 e. The standard InChI is InChI=1S/C9H9N5O3S2/c1-13-9(10-11-12-13)18-3-4-7(8(16)17)14-5(15)2-6(14)19-4/h6H,2-3H2,1H3,(H,16,17)/t6-/m1/s1. The van der Waals surface area contributed by atoms with E-state index in [0.29, 0.717) is 22.2 Å². The lowest BCUT2D eigenvalue weighted by atomic mass is 10.1. The molecule has 19 heavy (non-hydrogen) atoms. The lowest BCUT2D eigenvalue weighted by molar-refractivity contribution is -0.145. The number of carboxylic acids is 1. The van der Waals surface area contributed by atoms with Crippen LogP contribution < -0.4 is 0 Å². The van der Waals surface area contributed by atoms with E-state index in [1.54, 1.807) is 7.05 Å². The number of rotatable bonds is 4. The molecule has 8 nitrogen and oxygen atoms in total. The van der Waals surface area contributed by atoms with Gasteiger partial charge >= 0.3 is 5.97 Å². The van der Waals surface area contributed by atoms with Gasteiger partial charge in [0.05, 0.1) is 11.8 Å². The number of aliphatic carboxylic acids is 1. The van der Waals surface area contributed by atoms with Crippen LogP contribution >= 0.6 is 23.5 Å². The Hall–Kier alpha value is -1.55. The SMILES string of the molecule is Cn1nnnc1SCC1=C(C(=O)O)N2C(=O)C[C@H]2S1. The Labute approximate surface area is 116 Å². The second kappa shape index (κ2) is 4.53. The number of thioether (sulfide) groups is 2. The average Bonchev–Trinajstić information content (AvgIpc) is 2.87. The van der Waals surface area contributed by atoms with Crippen molar-refractivity contribution in [2.24, 2.45) is 7.05 Å². The molecule has 0 bridgehead atoms. The minimum absolute atomic E-state index is 0.0492. The molecule has 0 saturated carbocycles. The molecule has 0 radical (unpaired) electrons. The fourth-order valence-corrected chi connectivity index (χ4v) is 4.25. The van der Waals surface area contributed by atoms with E-state index in [4.69, 9.17) is 0 Å². The molecular weight excluding hydrogens is 290 g/mol. The lowest BCUT2D eigenvalue weighted by Gasteiger charge is -2.33. The molecule has 1 atom stereocenters. The van der Waals surface area contributed by atoms with Gasteiger partial charge in [-0.2, -0.15) is 0 Å². The molecule has 0 unspecified atom stereocenters. The summed E-state index contributed by atoms with van der Waals surface area (Å²) >= 11 is 2.79. The van der Waals surface area contributed by atoms with Gasteiger partial charge in [0.2, 0.25) is 11.1 Å². The zero-order valence-corrected chi connectivity index (χ0v) is 11.4. The number of β-lactam (4-membered cyclic amide) rings is 1. The van der Waals surface area contributed by atoms with Gasteiger partial charge < -0.3 is 5.11 Å². The van der Waals surface area contributed by atoms with E-state index in [1.807, 2.05) is 0 Å². The maximum Gasteiger partial charge on any atom is 0.353 e. The Morgan fingerprint density at radius 3 is 3.00 bits per heavy atom. The first-order valence-corrected chi connectivity index (χ1v) is 7.24. The summed E-state index contributed by atoms with van der Waals surface area (Å²) in [7, 11) is 1.72. The molecule has 10 heteroatoms. The first-order chi connectivity index (χ1) is 9.08. The highest BCUT2D eigenvalue weighted by Gasteiger charge is 2.48. The maximum atomic E-state index is 11.4. The van der Waals surface area contributed by atoms with Gasteiger partial charge in [0.15, 0.2) is 0 Å². The van der Waals surface area contributed by atoms with Crippen LogP contribution in [0, 0.1) is 0 Å². The van der Waals surface area contributed by atoms with E-state index in [0.717, 1.165) is 0 Å². The molecule has 100 valence electrons. The van der Waals surface area contributed by atoms with E-state index in [-0.39, 0.29) is 17.0 Å². The van der Waals surface area contributed by atoms with E-state index in [9.17, 15) is 14.7 Å². The summed E-state index contributed by atoms with van der Waals surface area (Å²) in [6.07, 6.45) is 0.404. The number of hydrogen-bond acceptors (Lipinski definition) is 7. The number of carbonyl (C=O) groups is 2. The number of carbonyl (C=O) groups excluding carboxylic acids is 1. The highest BCUT2D eigenvalue weighted by Crippen LogP contribution is 2.47. The van der Waals surface area contributed by atoms with Gasteiger partial charge in [-0.05, 0) is 10.4 Å². The summed E-state index contributed by atoms with van der Waals surface area (Å²) in [6, 6.07) is 0. The Morgan fingerprint density at radius 2 is 2.42 bits per heavy atom. The number of carboxylic acid groups (broad SMARTS) is 1. The van der Waals surface area contributed by atoms with Crippen molar-refractivity contribution in [2.45, 2.75) is 17.0 Å². The topological polar surface area (TPSA) is 101 Å². The van der Waals surface area contributed by atoms with Gasteiger partial charge in [-0.25, -0.2) is 9.48 Å². The molecule has 2 aliphatic rings. The van der Waals surface area contributed by atoms with Crippen molar-refractivity contribution in [2.75, 3.05) is 5.75 Å². The molecule has 1 N–H and O–H groups in total. The van der Waals surface area contributed by atoms with E-state index in [2.05, 4.69) is 15.5 Å². The van der Waals surface area contributed by atoms with Gasteiger partial charge in [-0.1, -0.05) is 11.8 Å². The molecule has 1 fully saturated rings. The molecule has 2 aliphatic heterocycles. The third-order valence-electron chi connectivity index (χ3n) is 2.81. The van der Waals surface area contributed by atoms with Gasteiger partial charge in [0.1, 0.15) is 5.70 Å². The average molecular weight is 299 g/mol. The number of aromatic nitrogens is 4. The summed E-state index contributed by atoms with van der Waals surface area (Å²) in [5, 5.41) is 20.8. The quantitative estimate of drug-likeness (QED) is 0.607. The van der Waals surface area contributed by atoms with Crippen LogP contribution in [0.5, 0.6) is 0 Å². The zero-order valence-electron chi connectivity index (χ0n) is 9.81. The number of hydrogen-bond donors (Lipinski definition) is 1. The van der Waals surface area contributed by atoms with Crippen molar-refractivity contribution in [3.63, 3.8) is 0 Å². The fourth-order valence-electron chi connectivity index (χ4n) is 1.90. The molecule has 1 amide bonds. The molecular formula is C9H9N5O3S2. The monoisotopic (exact) mass is 299 g/mol. The van der Waals surface area contributed by atoms with Crippen molar-refractivity contribution < 1.29 is 14.7 Å². The highest BCUT2D eigenvalue weighted by molar-refractivity contribution is 8.06. The Kier molecular flexibility index (Phi) is 2.97. The third-order valence-corrected chi connectivity index (χ3v) is 5.30. The van der Waals surface area contributed by atoms with E-state index >= 15 is 0 Å². The normalized spacial score (nSPS) is 21.6. The predicted octanol–water partition coefficient (Wildman–Crippen LogP) is -0.0964. The number of fused-ring (bicyclic) bond motifs is 1. The summed E-state index contributed by atoms with van der Waals surface area (Å²) in [5.74, 6) is -0.745. The molecule has 0 spiro atoms. The van der Waals surface area contributed by atoms with Crippen molar-refractivity contribution in [3.05, 3.63) is 10.6 Å². The van der Waals surface area contributed by atoms with Crippen LogP contribution in [0.25, 0.3) is 0 Å². The Morgan fingerprint density at radius 1 is 1.63 bits per heavy atom. The number of amides is 1. The maximum absolute atomic E-state index is 11.4. The molecule has 3 rings (SSSR count). The molecule has 1 aromatic rings. The molecule has 0 aromatic carbocycles. The molecule has 3 heterocycles. The fraction of sp³-hybridized carbons (Fsp3) is 0.444. The number of tetrazole rings is 1. The van der Waals surface area contributed by atoms with Crippen LogP contribution in [0.15, 0.2) is 15.8 Å². The first kappa shape index (κ1) is 12.5. The van der Waals surface area contributed by atoms with Crippen molar-refractivity contribution in [1.82, 2.24) is 25.1 Å². The highest BCUT2D eigenvalue weighted by atomic mass is 32.2. The molecule has 1 saturated heterocycles. The van der Waals surface area contributed by atoms with Crippen molar-refractivity contribution in [1.29, 1.82) is 0 Å². The Bertz CT molecular complexity index is 598. The second-order valence-electron chi connectivity index (χ2n) is 3.99.